The minimum atomic E-state index is 0.0219. The Bertz CT molecular complexity index is 851. The van der Waals surface area contributed by atoms with E-state index in [9.17, 15) is 4.79 Å². The Balaban J connectivity index is 2.04. The van der Waals surface area contributed by atoms with E-state index in [-0.39, 0.29) is 5.91 Å². The molecule has 0 atom stereocenters. The highest BCUT2D eigenvalue weighted by Gasteiger charge is 2.24. The topological polar surface area (TPSA) is 34.9 Å². The summed E-state index contributed by atoms with van der Waals surface area (Å²) in [6.45, 7) is 2.03. The van der Waals surface area contributed by atoms with Crippen LogP contribution in [0.2, 0.25) is 0 Å². The first-order valence-corrected chi connectivity index (χ1v) is 7.47. The van der Waals surface area contributed by atoms with Crippen LogP contribution in [0.5, 0.6) is 0 Å². The fourth-order valence-corrected chi connectivity index (χ4v) is 3.58. The SMILES string of the molecule is Cc1ccc2nc3n(c2c1)C(=O)c1ccccc1CS3. The maximum absolute atomic E-state index is 12.8. The van der Waals surface area contributed by atoms with Crippen LogP contribution in [0.25, 0.3) is 11.0 Å². The molecule has 1 aromatic heterocycles. The maximum Gasteiger partial charge on any atom is 0.264 e. The van der Waals surface area contributed by atoms with Crippen molar-refractivity contribution in [1.29, 1.82) is 0 Å². The largest absolute Gasteiger partial charge is 0.268 e. The van der Waals surface area contributed by atoms with Gasteiger partial charge in [-0.15, -0.1) is 0 Å². The minimum Gasteiger partial charge on any atom is -0.268 e. The van der Waals surface area contributed by atoms with Gasteiger partial charge in [0.1, 0.15) is 0 Å². The van der Waals surface area contributed by atoms with E-state index in [1.165, 1.54) is 0 Å². The number of hydrogen-bond acceptors (Lipinski definition) is 3. The number of carbonyl (C=O) groups is 1. The number of rotatable bonds is 0. The molecule has 3 aromatic rings. The molecule has 4 heteroatoms. The molecule has 0 unspecified atom stereocenters. The zero-order chi connectivity index (χ0) is 13.7. The lowest BCUT2D eigenvalue weighted by Gasteiger charge is -2.05. The average molecular weight is 280 g/mol. The van der Waals surface area contributed by atoms with Crippen molar-refractivity contribution in [2.45, 2.75) is 17.8 Å². The second-order valence-corrected chi connectivity index (χ2v) is 5.92. The van der Waals surface area contributed by atoms with Crippen LogP contribution < -0.4 is 0 Å². The van der Waals surface area contributed by atoms with Crippen LogP contribution in [0.3, 0.4) is 0 Å². The third-order valence-corrected chi connectivity index (χ3v) is 4.57. The number of benzene rings is 2. The van der Waals surface area contributed by atoms with Crippen molar-refractivity contribution in [3.05, 3.63) is 59.2 Å². The molecular weight excluding hydrogens is 268 g/mol. The minimum absolute atomic E-state index is 0.0219. The van der Waals surface area contributed by atoms with Crippen LogP contribution in [0.1, 0.15) is 21.5 Å². The second kappa shape index (κ2) is 4.21. The highest BCUT2D eigenvalue weighted by Crippen LogP contribution is 2.32. The third-order valence-electron chi connectivity index (χ3n) is 3.59. The molecule has 0 spiro atoms. The normalized spacial score (nSPS) is 13.9. The predicted molar refractivity (Wildman–Crippen MR) is 80.2 cm³/mol. The maximum atomic E-state index is 12.8. The second-order valence-electron chi connectivity index (χ2n) is 4.97. The molecule has 4 rings (SSSR count). The van der Waals surface area contributed by atoms with Crippen molar-refractivity contribution in [2.75, 3.05) is 0 Å². The number of aryl methyl sites for hydroxylation is 1. The Hall–Kier alpha value is -2.07. The Morgan fingerprint density at radius 3 is 2.95 bits per heavy atom. The Kier molecular flexibility index (Phi) is 2.47. The van der Waals surface area contributed by atoms with Gasteiger partial charge in [0.15, 0.2) is 5.16 Å². The van der Waals surface area contributed by atoms with Gasteiger partial charge in [0, 0.05) is 11.3 Å². The number of fused-ring (bicyclic) bond motifs is 4. The van der Waals surface area contributed by atoms with E-state index >= 15 is 0 Å². The molecule has 98 valence electrons. The smallest absolute Gasteiger partial charge is 0.264 e. The standard InChI is InChI=1S/C16H12N2OS/c1-10-6-7-13-14(8-10)18-15(19)12-5-3-2-4-11(12)9-20-16(18)17-13/h2-8H,9H2,1H3. The number of hydrogen-bond donors (Lipinski definition) is 0. The zero-order valence-electron chi connectivity index (χ0n) is 11.0. The van der Waals surface area contributed by atoms with Crippen LogP contribution in [0.4, 0.5) is 0 Å². The highest BCUT2D eigenvalue weighted by molar-refractivity contribution is 7.98. The summed E-state index contributed by atoms with van der Waals surface area (Å²) in [6.07, 6.45) is 0. The molecule has 0 fully saturated rings. The first kappa shape index (κ1) is 11.7. The van der Waals surface area contributed by atoms with Crippen molar-refractivity contribution in [2.24, 2.45) is 0 Å². The summed E-state index contributed by atoms with van der Waals surface area (Å²) in [5.74, 6) is 0.804. The summed E-state index contributed by atoms with van der Waals surface area (Å²) in [6, 6.07) is 13.8. The molecular formula is C16H12N2OS. The molecule has 2 heterocycles. The molecule has 1 aliphatic rings. The van der Waals surface area contributed by atoms with E-state index in [0.29, 0.717) is 0 Å². The van der Waals surface area contributed by atoms with Crippen LogP contribution in [-0.4, -0.2) is 15.5 Å². The van der Waals surface area contributed by atoms with Crippen molar-refractivity contribution in [3.8, 4) is 0 Å². The van der Waals surface area contributed by atoms with Gasteiger partial charge in [0.05, 0.1) is 11.0 Å². The van der Waals surface area contributed by atoms with Gasteiger partial charge in [-0.3, -0.25) is 9.36 Å². The van der Waals surface area contributed by atoms with Crippen LogP contribution in [0, 0.1) is 6.92 Å². The first-order valence-electron chi connectivity index (χ1n) is 6.48. The lowest BCUT2D eigenvalue weighted by Crippen LogP contribution is -2.12. The number of aromatic nitrogens is 2. The Morgan fingerprint density at radius 2 is 2.05 bits per heavy atom. The molecule has 0 bridgehead atoms. The molecule has 3 nitrogen and oxygen atoms in total. The van der Waals surface area contributed by atoms with Crippen molar-refractivity contribution in [3.63, 3.8) is 0 Å². The lowest BCUT2D eigenvalue weighted by atomic mass is 10.1. The van der Waals surface area contributed by atoms with Crippen LogP contribution in [0.15, 0.2) is 47.6 Å². The van der Waals surface area contributed by atoms with Gasteiger partial charge < -0.3 is 0 Å². The van der Waals surface area contributed by atoms with E-state index in [0.717, 1.165) is 38.6 Å². The Labute approximate surface area is 120 Å². The van der Waals surface area contributed by atoms with Crippen LogP contribution >= 0.6 is 11.8 Å². The monoisotopic (exact) mass is 280 g/mol. The molecule has 0 saturated carbocycles. The number of imidazole rings is 1. The van der Waals surface area contributed by atoms with Crippen molar-refractivity contribution < 1.29 is 4.79 Å². The molecule has 1 aliphatic heterocycles. The van der Waals surface area contributed by atoms with Gasteiger partial charge in [-0.2, -0.15) is 0 Å². The van der Waals surface area contributed by atoms with E-state index in [1.807, 2.05) is 49.4 Å². The van der Waals surface area contributed by atoms with Gasteiger partial charge in [0.25, 0.3) is 5.91 Å². The molecule has 20 heavy (non-hydrogen) atoms. The predicted octanol–water partition coefficient (Wildman–Crippen LogP) is 3.64. The summed E-state index contributed by atoms with van der Waals surface area (Å²) in [4.78, 5) is 17.4. The summed E-state index contributed by atoms with van der Waals surface area (Å²) in [5, 5.41) is 0.784. The highest BCUT2D eigenvalue weighted by atomic mass is 32.2. The van der Waals surface area contributed by atoms with Crippen molar-refractivity contribution >= 4 is 28.7 Å². The summed E-state index contributed by atoms with van der Waals surface area (Å²) in [7, 11) is 0. The zero-order valence-corrected chi connectivity index (χ0v) is 11.8. The number of thioether (sulfide) groups is 1. The summed E-state index contributed by atoms with van der Waals surface area (Å²) < 4.78 is 1.75. The molecule has 2 aromatic carbocycles. The number of nitrogens with zero attached hydrogens (tertiary/aromatic N) is 2. The molecule has 0 radical (unpaired) electrons. The van der Waals surface area contributed by atoms with Gasteiger partial charge in [-0.05, 0) is 36.2 Å². The van der Waals surface area contributed by atoms with E-state index in [2.05, 4.69) is 4.98 Å². The van der Waals surface area contributed by atoms with Gasteiger partial charge in [-0.25, -0.2) is 4.98 Å². The molecule has 0 N–H and O–H groups in total. The summed E-state index contributed by atoms with van der Waals surface area (Å²) >= 11 is 1.62. The molecule has 0 saturated heterocycles. The Morgan fingerprint density at radius 1 is 1.20 bits per heavy atom. The summed E-state index contributed by atoms with van der Waals surface area (Å²) in [5.41, 5.74) is 4.77. The fourth-order valence-electron chi connectivity index (χ4n) is 2.57. The van der Waals surface area contributed by atoms with Gasteiger partial charge in [0.2, 0.25) is 0 Å². The fraction of sp³-hybridized carbons (Fsp3) is 0.125. The van der Waals surface area contributed by atoms with Gasteiger partial charge >= 0.3 is 0 Å². The lowest BCUT2D eigenvalue weighted by molar-refractivity contribution is 0.0955. The van der Waals surface area contributed by atoms with Crippen LogP contribution in [-0.2, 0) is 5.75 Å². The van der Waals surface area contributed by atoms with E-state index in [4.69, 9.17) is 0 Å². The average Bonchev–Trinajstić information content (AvgIpc) is 2.75. The molecule has 0 amide bonds. The molecule has 0 aliphatic carbocycles. The first-order chi connectivity index (χ1) is 9.74. The van der Waals surface area contributed by atoms with Gasteiger partial charge in [-0.1, -0.05) is 36.0 Å². The third kappa shape index (κ3) is 1.61. The quantitative estimate of drug-likeness (QED) is 0.630. The van der Waals surface area contributed by atoms with E-state index in [1.54, 1.807) is 16.3 Å². The van der Waals surface area contributed by atoms with Crippen molar-refractivity contribution in [1.82, 2.24) is 9.55 Å². The van der Waals surface area contributed by atoms with E-state index < -0.39 is 0 Å². The number of carbonyl (C=O) groups excluding carboxylic acids is 1.